The van der Waals surface area contributed by atoms with Crippen molar-refractivity contribution >= 4 is 12.0 Å². The maximum absolute atomic E-state index is 11.1. The molecule has 2 rings (SSSR count). The van der Waals surface area contributed by atoms with Gasteiger partial charge in [-0.25, -0.2) is 0 Å². The van der Waals surface area contributed by atoms with Gasteiger partial charge < -0.3 is 5.32 Å². The Labute approximate surface area is 107 Å². The Balaban J connectivity index is 1.96. The first-order chi connectivity index (χ1) is 8.69. The Kier molecular flexibility index (Phi) is 4.12. The number of rotatable bonds is 4. The molecule has 0 radical (unpaired) electrons. The number of amides is 1. The van der Waals surface area contributed by atoms with Crippen LogP contribution in [0.25, 0.3) is 6.08 Å². The average molecular weight is 248 g/mol. The van der Waals surface area contributed by atoms with Crippen LogP contribution >= 0.6 is 0 Å². The quantitative estimate of drug-likeness (QED) is 0.880. The van der Waals surface area contributed by atoms with Crippen molar-refractivity contribution in [1.29, 1.82) is 0 Å². The van der Waals surface area contributed by atoms with Gasteiger partial charge in [0.05, 0.1) is 6.20 Å². The molecule has 1 aliphatic carbocycles. The molecule has 0 bridgehead atoms. The lowest BCUT2D eigenvalue weighted by molar-refractivity contribution is -0.119. The van der Waals surface area contributed by atoms with Crippen LogP contribution in [0.4, 0.5) is 0 Å². The Bertz CT molecular complexity index is 438. The molecular weight excluding hydrogens is 228 g/mol. The van der Waals surface area contributed by atoms with Gasteiger partial charge in [-0.3, -0.25) is 9.48 Å². The summed E-state index contributed by atoms with van der Waals surface area (Å²) >= 11 is 0. The minimum Gasteiger partial charge on any atom is -0.353 e. The van der Waals surface area contributed by atoms with Gasteiger partial charge in [0.15, 0.2) is 0 Å². The van der Waals surface area contributed by atoms with E-state index < -0.39 is 0 Å². The van der Waals surface area contributed by atoms with E-state index in [2.05, 4.69) is 15.6 Å². The van der Waals surface area contributed by atoms with Crippen molar-refractivity contribution in [2.24, 2.45) is 5.92 Å². The van der Waals surface area contributed by atoms with Gasteiger partial charge in [0.1, 0.15) is 5.69 Å². The van der Waals surface area contributed by atoms with Crippen LogP contribution in [0, 0.1) is 5.92 Å². The van der Waals surface area contributed by atoms with E-state index in [0.29, 0.717) is 5.92 Å². The van der Waals surface area contributed by atoms with Gasteiger partial charge >= 0.3 is 0 Å². The summed E-state index contributed by atoms with van der Waals surface area (Å²) in [6, 6.07) is 0.289. The Hall–Kier alpha value is -1.65. The highest BCUT2D eigenvalue weighted by Gasteiger charge is 2.28. The van der Waals surface area contributed by atoms with Gasteiger partial charge in [-0.1, -0.05) is 17.7 Å². The lowest BCUT2D eigenvalue weighted by Gasteiger charge is -2.19. The summed E-state index contributed by atoms with van der Waals surface area (Å²) in [4.78, 5) is 11.1. The van der Waals surface area contributed by atoms with Gasteiger partial charge in [0.2, 0.25) is 5.91 Å². The second-order valence-corrected chi connectivity index (χ2v) is 4.86. The van der Waals surface area contributed by atoms with Crippen molar-refractivity contribution in [2.45, 2.75) is 45.7 Å². The van der Waals surface area contributed by atoms with E-state index in [-0.39, 0.29) is 11.9 Å². The molecule has 0 unspecified atom stereocenters. The number of hydrogen-bond acceptors (Lipinski definition) is 3. The zero-order chi connectivity index (χ0) is 13.0. The SMILES string of the molecule is C/C=C/c1cn(C[C@@H]2CCC[C@@H]2NC(C)=O)nn1. The first-order valence-electron chi connectivity index (χ1n) is 6.49. The third kappa shape index (κ3) is 3.18. The van der Waals surface area contributed by atoms with E-state index in [9.17, 15) is 4.79 Å². The fraction of sp³-hybridized carbons (Fsp3) is 0.615. The molecule has 98 valence electrons. The van der Waals surface area contributed by atoms with E-state index in [0.717, 1.165) is 25.1 Å². The number of carbonyl (C=O) groups excluding carboxylic acids is 1. The molecule has 1 aromatic heterocycles. The van der Waals surface area contributed by atoms with E-state index in [1.807, 2.05) is 30.0 Å². The average Bonchev–Trinajstić information content (AvgIpc) is 2.90. The molecule has 1 N–H and O–H groups in total. The van der Waals surface area contributed by atoms with E-state index in [4.69, 9.17) is 0 Å². The van der Waals surface area contributed by atoms with E-state index in [1.54, 1.807) is 6.92 Å². The smallest absolute Gasteiger partial charge is 0.217 e. The molecule has 5 heteroatoms. The van der Waals surface area contributed by atoms with Crippen LogP contribution in [-0.2, 0) is 11.3 Å². The minimum atomic E-state index is 0.0556. The number of aromatic nitrogens is 3. The second-order valence-electron chi connectivity index (χ2n) is 4.86. The third-order valence-corrected chi connectivity index (χ3v) is 3.36. The topological polar surface area (TPSA) is 59.8 Å². The van der Waals surface area contributed by atoms with Gasteiger partial charge in [0, 0.05) is 19.5 Å². The van der Waals surface area contributed by atoms with Gasteiger partial charge in [-0.05, 0) is 31.8 Å². The zero-order valence-electron chi connectivity index (χ0n) is 11.0. The molecule has 1 saturated carbocycles. The van der Waals surface area contributed by atoms with Crippen LogP contribution < -0.4 is 5.32 Å². The second kappa shape index (κ2) is 5.80. The molecular formula is C13H20N4O. The van der Waals surface area contributed by atoms with Crippen molar-refractivity contribution in [3.63, 3.8) is 0 Å². The van der Waals surface area contributed by atoms with E-state index in [1.165, 1.54) is 6.42 Å². The van der Waals surface area contributed by atoms with Gasteiger partial charge in [0.25, 0.3) is 0 Å². The fourth-order valence-electron chi connectivity index (χ4n) is 2.60. The molecule has 2 atom stereocenters. The molecule has 1 heterocycles. The molecule has 5 nitrogen and oxygen atoms in total. The van der Waals surface area contributed by atoms with Crippen LogP contribution in [-0.4, -0.2) is 26.9 Å². The van der Waals surface area contributed by atoms with Crippen LogP contribution in [0.2, 0.25) is 0 Å². The third-order valence-electron chi connectivity index (χ3n) is 3.36. The largest absolute Gasteiger partial charge is 0.353 e. The Morgan fingerprint density at radius 2 is 2.44 bits per heavy atom. The first kappa shape index (κ1) is 12.8. The maximum atomic E-state index is 11.1. The van der Waals surface area contributed by atoms with Crippen LogP contribution in [0.15, 0.2) is 12.3 Å². The molecule has 0 aliphatic heterocycles. The van der Waals surface area contributed by atoms with Crippen molar-refractivity contribution in [3.05, 3.63) is 18.0 Å². The van der Waals surface area contributed by atoms with Crippen LogP contribution in [0.5, 0.6) is 0 Å². The molecule has 0 spiro atoms. The van der Waals surface area contributed by atoms with Crippen LogP contribution in [0.1, 0.15) is 38.8 Å². The molecule has 1 fully saturated rings. The number of nitrogens with one attached hydrogen (secondary N) is 1. The monoisotopic (exact) mass is 248 g/mol. The first-order valence-corrected chi connectivity index (χ1v) is 6.49. The molecule has 1 aromatic rings. The lowest BCUT2D eigenvalue weighted by Crippen LogP contribution is -2.37. The summed E-state index contributed by atoms with van der Waals surface area (Å²) in [6.07, 6.45) is 9.22. The van der Waals surface area contributed by atoms with Crippen molar-refractivity contribution in [1.82, 2.24) is 20.3 Å². The summed E-state index contributed by atoms with van der Waals surface area (Å²) in [5.74, 6) is 0.522. The maximum Gasteiger partial charge on any atom is 0.217 e. The minimum absolute atomic E-state index is 0.0556. The highest BCUT2D eigenvalue weighted by Crippen LogP contribution is 2.26. The fourth-order valence-corrected chi connectivity index (χ4v) is 2.60. The number of allylic oxidation sites excluding steroid dienone is 1. The highest BCUT2D eigenvalue weighted by molar-refractivity contribution is 5.73. The normalized spacial score (nSPS) is 23.7. The van der Waals surface area contributed by atoms with Crippen molar-refractivity contribution < 1.29 is 4.79 Å². The number of nitrogens with zero attached hydrogens (tertiary/aromatic N) is 3. The number of carbonyl (C=O) groups is 1. The zero-order valence-corrected chi connectivity index (χ0v) is 11.0. The predicted octanol–water partition coefficient (Wildman–Crippen LogP) is 1.62. The highest BCUT2D eigenvalue weighted by atomic mass is 16.1. The Morgan fingerprint density at radius 1 is 1.61 bits per heavy atom. The summed E-state index contributed by atoms with van der Waals surface area (Å²) in [5.41, 5.74) is 0.881. The van der Waals surface area contributed by atoms with E-state index >= 15 is 0 Å². The van der Waals surface area contributed by atoms with Crippen LogP contribution in [0.3, 0.4) is 0 Å². The summed E-state index contributed by atoms with van der Waals surface area (Å²) < 4.78 is 1.88. The molecule has 18 heavy (non-hydrogen) atoms. The predicted molar refractivity (Wildman–Crippen MR) is 69.7 cm³/mol. The molecule has 0 saturated heterocycles. The molecule has 1 aliphatic rings. The molecule has 1 amide bonds. The standard InChI is InChI=1S/C13H20N4O/c1-3-5-12-9-17(16-15-12)8-11-6-4-7-13(11)14-10(2)18/h3,5,9,11,13H,4,6-8H2,1-2H3,(H,14,18)/b5-3+/t11-,13-/m0/s1. The number of hydrogen-bond donors (Lipinski definition) is 1. The van der Waals surface area contributed by atoms with Crippen molar-refractivity contribution in [2.75, 3.05) is 0 Å². The Morgan fingerprint density at radius 3 is 3.17 bits per heavy atom. The lowest BCUT2D eigenvalue weighted by atomic mass is 10.0. The summed E-state index contributed by atoms with van der Waals surface area (Å²) in [6.45, 7) is 4.37. The molecule has 0 aromatic carbocycles. The van der Waals surface area contributed by atoms with Gasteiger partial charge in [-0.15, -0.1) is 5.10 Å². The summed E-state index contributed by atoms with van der Waals surface area (Å²) in [7, 11) is 0. The van der Waals surface area contributed by atoms with Crippen molar-refractivity contribution in [3.8, 4) is 0 Å². The van der Waals surface area contributed by atoms with Gasteiger partial charge in [-0.2, -0.15) is 0 Å². The summed E-state index contributed by atoms with van der Waals surface area (Å²) in [5, 5.41) is 11.2.